The van der Waals surface area contributed by atoms with E-state index >= 15 is 0 Å². The molecular weight excluding hydrogens is 393 g/mol. The first-order chi connectivity index (χ1) is 13.3. The van der Waals surface area contributed by atoms with Gasteiger partial charge in [-0.2, -0.15) is 4.98 Å². The van der Waals surface area contributed by atoms with Crippen LogP contribution in [0.1, 0.15) is 32.9 Å². The molecule has 2 unspecified atom stereocenters. The monoisotopic (exact) mass is 417 g/mol. The number of anilines is 1. The average Bonchev–Trinajstić information content (AvgIpc) is 3.04. The Morgan fingerprint density at radius 1 is 1.50 bits per heavy atom. The summed E-state index contributed by atoms with van der Waals surface area (Å²) >= 11 is 0. The molecule has 0 radical (unpaired) electrons. The van der Waals surface area contributed by atoms with Crippen molar-refractivity contribution in [2.45, 2.75) is 45.1 Å². The number of hydrogen-bond donors (Lipinski definition) is 1. The van der Waals surface area contributed by atoms with Gasteiger partial charge in [-0.15, -0.1) is 0 Å². The summed E-state index contributed by atoms with van der Waals surface area (Å²) < 4.78 is 40.7. The van der Waals surface area contributed by atoms with E-state index in [0.29, 0.717) is 13.0 Å². The number of fused-ring (bicyclic) bond motifs is 1. The molecule has 3 rings (SSSR count). The highest BCUT2D eigenvalue weighted by molar-refractivity contribution is 7.48. The van der Waals surface area contributed by atoms with E-state index in [2.05, 4.69) is 4.98 Å². The number of phosphoric ester groups is 1. The zero-order chi connectivity index (χ0) is 20.3. The van der Waals surface area contributed by atoms with Gasteiger partial charge in [-0.05, 0) is 19.4 Å². The Morgan fingerprint density at radius 2 is 2.29 bits per heavy atom. The fraction of sp³-hybridized carbons (Fsp3) is 0.688. The highest BCUT2D eigenvalue weighted by Crippen LogP contribution is 2.56. The molecule has 1 aromatic heterocycles. The Bertz CT molecular complexity index is 815. The lowest BCUT2D eigenvalue weighted by Crippen LogP contribution is -2.33. The third-order valence-corrected chi connectivity index (χ3v) is 5.99. The van der Waals surface area contributed by atoms with Gasteiger partial charge in [-0.3, -0.25) is 22.9 Å². The summed E-state index contributed by atoms with van der Waals surface area (Å²) in [5.41, 5.74) is 4.95. The summed E-state index contributed by atoms with van der Waals surface area (Å²) in [6.45, 7) is 3.74. The quantitative estimate of drug-likeness (QED) is 0.509. The van der Waals surface area contributed by atoms with E-state index in [1.165, 1.54) is 16.8 Å². The summed E-state index contributed by atoms with van der Waals surface area (Å²) in [6, 6.07) is 1.49. The maximum atomic E-state index is 12.7. The molecule has 5 atom stereocenters. The van der Waals surface area contributed by atoms with Gasteiger partial charge in [0.05, 0.1) is 25.7 Å². The van der Waals surface area contributed by atoms with Gasteiger partial charge in [0.25, 0.3) is 0 Å². The van der Waals surface area contributed by atoms with E-state index in [9.17, 15) is 14.2 Å². The molecule has 0 aliphatic carbocycles. The minimum absolute atomic E-state index is 0.00300. The van der Waals surface area contributed by atoms with E-state index in [1.807, 2.05) is 0 Å². The van der Waals surface area contributed by atoms with Crippen LogP contribution in [-0.4, -0.2) is 47.5 Å². The smallest absolute Gasteiger partial charge is 0.466 e. The van der Waals surface area contributed by atoms with Crippen molar-refractivity contribution in [1.29, 1.82) is 0 Å². The second-order valence-corrected chi connectivity index (χ2v) is 8.19. The summed E-state index contributed by atoms with van der Waals surface area (Å²) in [7, 11) is -3.78. The van der Waals surface area contributed by atoms with Crippen LogP contribution in [-0.2, 0) is 32.4 Å². The van der Waals surface area contributed by atoms with Crippen LogP contribution in [0.4, 0.5) is 5.82 Å². The van der Waals surface area contributed by atoms with E-state index in [-0.39, 0.29) is 31.4 Å². The number of nitrogen functional groups attached to an aromatic ring is 1. The van der Waals surface area contributed by atoms with Gasteiger partial charge >= 0.3 is 19.5 Å². The first-order valence-electron chi connectivity index (χ1n) is 9.05. The molecule has 0 spiro atoms. The number of nitrogens with zero attached hydrogens (tertiary/aromatic N) is 2. The van der Waals surface area contributed by atoms with Gasteiger partial charge in [0.2, 0.25) is 0 Å². The molecule has 2 aliphatic rings. The van der Waals surface area contributed by atoms with E-state index in [0.717, 1.165) is 0 Å². The predicted molar refractivity (Wildman–Crippen MR) is 96.2 cm³/mol. The van der Waals surface area contributed by atoms with Crippen molar-refractivity contribution in [3.63, 3.8) is 0 Å². The van der Waals surface area contributed by atoms with Crippen LogP contribution >= 0.6 is 7.82 Å². The first-order valence-corrected chi connectivity index (χ1v) is 10.5. The summed E-state index contributed by atoms with van der Waals surface area (Å²) in [5.74, 6) is -0.621. The normalized spacial score (nSPS) is 30.6. The van der Waals surface area contributed by atoms with Crippen molar-refractivity contribution in [2.24, 2.45) is 5.92 Å². The fourth-order valence-corrected chi connectivity index (χ4v) is 4.36. The molecule has 0 aromatic carbocycles. The summed E-state index contributed by atoms with van der Waals surface area (Å²) in [5, 5.41) is 0. The highest BCUT2D eigenvalue weighted by atomic mass is 31.2. The van der Waals surface area contributed by atoms with Crippen molar-refractivity contribution in [3.8, 4) is 0 Å². The molecule has 0 saturated carbocycles. The zero-order valence-corrected chi connectivity index (χ0v) is 16.6. The first kappa shape index (κ1) is 20.9. The van der Waals surface area contributed by atoms with Crippen molar-refractivity contribution in [1.82, 2.24) is 9.55 Å². The number of esters is 1. The number of ether oxygens (including phenoxy) is 2. The molecule has 2 N–H and O–H groups in total. The van der Waals surface area contributed by atoms with E-state index in [4.69, 9.17) is 28.8 Å². The van der Waals surface area contributed by atoms with Gasteiger partial charge in [0.1, 0.15) is 24.3 Å². The summed E-state index contributed by atoms with van der Waals surface area (Å²) in [6.07, 6.45) is 0.409. The zero-order valence-electron chi connectivity index (χ0n) is 15.7. The van der Waals surface area contributed by atoms with Crippen LogP contribution in [0.3, 0.4) is 0 Å². The van der Waals surface area contributed by atoms with Crippen LogP contribution in [0.2, 0.25) is 0 Å². The lowest BCUT2D eigenvalue weighted by Gasteiger charge is -2.29. The topological polar surface area (TPSA) is 141 Å². The van der Waals surface area contributed by atoms with Crippen LogP contribution in [0, 0.1) is 5.92 Å². The molecule has 11 nitrogen and oxygen atoms in total. The maximum absolute atomic E-state index is 12.7. The Hall–Kier alpha value is -1.78. The third-order valence-electron chi connectivity index (χ3n) is 4.49. The van der Waals surface area contributed by atoms with Crippen LogP contribution in [0.5, 0.6) is 0 Å². The SMILES string of the molecule is CCOC(=O)C(C)CCOP1(=O)OC[C@@H]2O[C@H](n3ccc(N)nc3=O)C[C@H]2O1. The Morgan fingerprint density at radius 3 is 3.00 bits per heavy atom. The van der Waals surface area contributed by atoms with Crippen molar-refractivity contribution in [3.05, 3.63) is 22.7 Å². The molecule has 0 bridgehead atoms. The summed E-state index contributed by atoms with van der Waals surface area (Å²) in [4.78, 5) is 27.2. The Labute approximate surface area is 161 Å². The second kappa shape index (κ2) is 8.71. The molecular formula is C16H24N3O8P. The lowest BCUT2D eigenvalue weighted by molar-refractivity contribution is -0.147. The molecule has 28 heavy (non-hydrogen) atoms. The minimum Gasteiger partial charge on any atom is -0.466 e. The number of nitrogens with two attached hydrogens (primary N) is 1. The number of aromatic nitrogens is 2. The van der Waals surface area contributed by atoms with Crippen LogP contribution < -0.4 is 11.4 Å². The second-order valence-electron chi connectivity index (χ2n) is 6.57. The maximum Gasteiger partial charge on any atom is 0.475 e. The van der Waals surface area contributed by atoms with Crippen molar-refractivity contribution < 1.29 is 32.4 Å². The van der Waals surface area contributed by atoms with Crippen molar-refractivity contribution in [2.75, 3.05) is 25.6 Å². The van der Waals surface area contributed by atoms with Crippen LogP contribution in [0.25, 0.3) is 0 Å². The molecule has 0 amide bonds. The van der Waals surface area contributed by atoms with Gasteiger partial charge in [-0.25, -0.2) is 9.36 Å². The molecule has 2 saturated heterocycles. The Balaban J connectivity index is 1.54. The minimum atomic E-state index is -3.78. The standard InChI is InChI=1S/C16H24N3O8P/c1-3-23-15(20)10(2)5-7-24-28(22)25-9-12-11(27-28)8-14(26-12)19-6-4-13(17)18-16(19)21/h4,6,10-12,14H,3,5,7-9H2,1-2H3,(H2,17,18,21)/t10?,11-,12+,14+,28?/m1/s1. The predicted octanol–water partition coefficient (Wildman–Crippen LogP) is 1.24. The average molecular weight is 417 g/mol. The molecule has 156 valence electrons. The van der Waals surface area contributed by atoms with Gasteiger partial charge in [0, 0.05) is 12.6 Å². The molecule has 1 aromatic rings. The lowest BCUT2D eigenvalue weighted by atomic mass is 10.1. The number of phosphoric acid groups is 1. The third kappa shape index (κ3) is 4.79. The highest BCUT2D eigenvalue weighted by Gasteiger charge is 2.48. The Kier molecular flexibility index (Phi) is 6.51. The fourth-order valence-electron chi connectivity index (χ4n) is 2.95. The van der Waals surface area contributed by atoms with E-state index in [1.54, 1.807) is 13.8 Å². The van der Waals surface area contributed by atoms with Gasteiger partial charge < -0.3 is 15.2 Å². The van der Waals surface area contributed by atoms with Gasteiger partial charge in [0.15, 0.2) is 0 Å². The number of rotatable bonds is 7. The molecule has 2 aliphatic heterocycles. The molecule has 2 fully saturated rings. The molecule has 3 heterocycles. The van der Waals surface area contributed by atoms with E-state index < -0.39 is 37.9 Å². The van der Waals surface area contributed by atoms with Crippen molar-refractivity contribution >= 4 is 19.6 Å². The largest absolute Gasteiger partial charge is 0.475 e. The van der Waals surface area contributed by atoms with Crippen LogP contribution in [0.15, 0.2) is 17.1 Å². The number of hydrogen-bond acceptors (Lipinski definition) is 10. The van der Waals surface area contributed by atoms with Gasteiger partial charge in [-0.1, -0.05) is 6.92 Å². The number of carbonyl (C=O) groups excluding carboxylic acids is 1. The molecule has 12 heteroatoms. The number of carbonyl (C=O) groups is 1.